The molecule has 0 radical (unpaired) electrons. The smallest absolute Gasteiger partial charge is 0.306 e. The van der Waals surface area contributed by atoms with Gasteiger partial charge < -0.3 is 25.7 Å². The zero-order valence-electron chi connectivity index (χ0n) is 22.2. The number of carboxylic acids is 1. The second-order valence-electron chi connectivity index (χ2n) is 11.8. The van der Waals surface area contributed by atoms with Crippen LogP contribution in [0.2, 0.25) is 0 Å². The minimum Gasteiger partial charge on any atom is -0.481 e. The number of carbonyl (C=O) groups excluding carboxylic acids is 2. The molecule has 0 saturated carbocycles. The van der Waals surface area contributed by atoms with E-state index >= 15 is 0 Å². The van der Waals surface area contributed by atoms with E-state index in [2.05, 4.69) is 40.2 Å². The third-order valence-corrected chi connectivity index (χ3v) is 6.62. The fraction of sp³-hybridized carbons (Fsp3) is 0.880. The highest BCUT2D eigenvalue weighted by molar-refractivity contribution is 5.83. The van der Waals surface area contributed by atoms with E-state index in [1.54, 1.807) is 6.92 Å². The Morgan fingerprint density at radius 2 is 1.61 bits per heavy atom. The number of likely N-dealkylation sites (N-methyl/N-ethyl adjacent to an activating group) is 1. The van der Waals surface area contributed by atoms with Crippen molar-refractivity contribution < 1.29 is 29.1 Å². The van der Waals surface area contributed by atoms with Crippen molar-refractivity contribution in [3.8, 4) is 0 Å². The molecule has 194 valence electrons. The van der Waals surface area contributed by atoms with Crippen LogP contribution in [0, 0.1) is 22.7 Å². The van der Waals surface area contributed by atoms with Gasteiger partial charge >= 0.3 is 5.97 Å². The highest BCUT2D eigenvalue weighted by Crippen LogP contribution is 2.33. The lowest BCUT2D eigenvalue weighted by atomic mass is 9.75. The van der Waals surface area contributed by atoms with Crippen LogP contribution in [0.5, 0.6) is 0 Å². The number of hydrogen-bond acceptors (Lipinski definition) is 4. The van der Waals surface area contributed by atoms with Crippen LogP contribution < -0.4 is 11.1 Å². The number of aliphatic carboxylic acids is 1. The monoisotopic (exact) mass is 472 g/mol. The SMILES string of the molecule is CCC(CC(CC(C)(CC)C(=O)NCCC[N+](C)(C)CC(O)CC(C)(C)C)C(=O)O)C(N)=O. The van der Waals surface area contributed by atoms with Gasteiger partial charge in [-0.1, -0.05) is 41.5 Å². The summed E-state index contributed by atoms with van der Waals surface area (Å²) in [5.41, 5.74) is 4.63. The first-order valence-corrected chi connectivity index (χ1v) is 12.3. The molecular weight excluding hydrogens is 422 g/mol. The predicted octanol–water partition coefficient (Wildman–Crippen LogP) is 2.78. The first-order chi connectivity index (χ1) is 15.0. The van der Waals surface area contributed by atoms with E-state index in [9.17, 15) is 24.6 Å². The number of carboxylic acid groups (broad SMARTS) is 1. The molecule has 5 N–H and O–H groups in total. The Kier molecular flexibility index (Phi) is 12.6. The second kappa shape index (κ2) is 13.3. The molecule has 33 heavy (non-hydrogen) atoms. The number of primary amides is 1. The predicted molar refractivity (Wildman–Crippen MR) is 131 cm³/mol. The molecule has 8 nitrogen and oxygen atoms in total. The first-order valence-electron chi connectivity index (χ1n) is 12.3. The van der Waals surface area contributed by atoms with Gasteiger partial charge in [0, 0.05) is 24.3 Å². The van der Waals surface area contributed by atoms with E-state index in [1.807, 2.05) is 13.8 Å². The van der Waals surface area contributed by atoms with E-state index in [0.717, 1.165) is 19.4 Å². The lowest BCUT2D eigenvalue weighted by molar-refractivity contribution is -0.893. The van der Waals surface area contributed by atoms with Crippen molar-refractivity contribution in [2.24, 2.45) is 28.4 Å². The minimum absolute atomic E-state index is 0.0698. The number of nitrogens with zero attached hydrogens (tertiary/aromatic N) is 1. The molecule has 4 atom stereocenters. The van der Waals surface area contributed by atoms with Crippen LogP contribution in [0.25, 0.3) is 0 Å². The fourth-order valence-electron chi connectivity index (χ4n) is 4.40. The summed E-state index contributed by atoms with van der Waals surface area (Å²) in [5.74, 6) is -2.99. The largest absolute Gasteiger partial charge is 0.481 e. The standard InChI is InChI=1S/C25H49N3O5/c1-9-18(21(26)30)14-19(22(31)32)15-25(6,10-2)23(33)27-12-11-13-28(7,8)17-20(29)16-24(3,4)5/h18-20,29H,9-17H2,1-8H3,(H3-,26,27,30,31,32,33)/p+1. The minimum atomic E-state index is -1.00. The molecule has 0 aliphatic heterocycles. The van der Waals surface area contributed by atoms with Gasteiger partial charge in [0.2, 0.25) is 11.8 Å². The number of aliphatic hydroxyl groups excluding tert-OH is 1. The molecule has 0 rings (SSSR count). The van der Waals surface area contributed by atoms with Crippen LogP contribution in [-0.2, 0) is 14.4 Å². The van der Waals surface area contributed by atoms with Crippen molar-refractivity contribution in [3.63, 3.8) is 0 Å². The third-order valence-electron chi connectivity index (χ3n) is 6.62. The molecule has 0 heterocycles. The summed E-state index contributed by atoms with van der Waals surface area (Å²) >= 11 is 0. The third kappa shape index (κ3) is 12.4. The Hall–Kier alpha value is -1.67. The Morgan fingerprint density at radius 3 is 2.03 bits per heavy atom. The lowest BCUT2D eigenvalue weighted by Crippen LogP contribution is -2.48. The van der Waals surface area contributed by atoms with Crippen molar-refractivity contribution in [2.75, 3.05) is 33.7 Å². The van der Waals surface area contributed by atoms with Crippen LogP contribution in [0.4, 0.5) is 0 Å². The molecule has 8 heteroatoms. The molecule has 0 fully saturated rings. The summed E-state index contributed by atoms with van der Waals surface area (Å²) < 4.78 is 0.658. The average Bonchev–Trinajstić information content (AvgIpc) is 2.65. The Labute approximate surface area is 200 Å². The van der Waals surface area contributed by atoms with E-state index in [0.29, 0.717) is 30.4 Å². The summed E-state index contributed by atoms with van der Waals surface area (Å²) in [6, 6.07) is 0. The van der Waals surface area contributed by atoms with Crippen molar-refractivity contribution in [2.45, 2.75) is 86.2 Å². The van der Waals surface area contributed by atoms with Crippen LogP contribution in [0.1, 0.15) is 80.1 Å². The number of nitrogens with two attached hydrogens (primary N) is 1. The number of aliphatic hydroxyl groups is 1. The molecular formula is C25H50N3O5+. The van der Waals surface area contributed by atoms with Gasteiger partial charge in [-0.2, -0.15) is 0 Å². The maximum Gasteiger partial charge on any atom is 0.306 e. The number of hydrogen-bond donors (Lipinski definition) is 4. The average molecular weight is 473 g/mol. The first kappa shape index (κ1) is 31.3. The van der Waals surface area contributed by atoms with Gasteiger partial charge in [-0.25, -0.2) is 0 Å². The Bertz CT molecular complexity index is 644. The van der Waals surface area contributed by atoms with Crippen LogP contribution in [-0.4, -0.2) is 72.3 Å². The van der Waals surface area contributed by atoms with Crippen molar-refractivity contribution in [1.82, 2.24) is 5.32 Å². The molecule has 0 aliphatic rings. The number of quaternary nitrogens is 1. The molecule has 0 aromatic carbocycles. The van der Waals surface area contributed by atoms with Crippen molar-refractivity contribution in [1.29, 1.82) is 0 Å². The maximum absolute atomic E-state index is 13.0. The topological polar surface area (TPSA) is 130 Å². The van der Waals surface area contributed by atoms with Gasteiger partial charge in [0.05, 0.1) is 26.6 Å². The maximum atomic E-state index is 13.0. The molecule has 0 saturated heterocycles. The van der Waals surface area contributed by atoms with Crippen LogP contribution in [0.15, 0.2) is 0 Å². The van der Waals surface area contributed by atoms with E-state index in [-0.39, 0.29) is 30.3 Å². The molecule has 4 unspecified atom stereocenters. The van der Waals surface area contributed by atoms with E-state index < -0.39 is 29.1 Å². The highest BCUT2D eigenvalue weighted by atomic mass is 16.4. The zero-order valence-corrected chi connectivity index (χ0v) is 22.2. The zero-order chi connectivity index (χ0) is 26.0. The van der Waals surface area contributed by atoms with E-state index in [4.69, 9.17) is 5.73 Å². The van der Waals surface area contributed by atoms with Crippen LogP contribution >= 0.6 is 0 Å². The van der Waals surface area contributed by atoms with Gasteiger partial charge in [-0.3, -0.25) is 14.4 Å². The number of amides is 2. The van der Waals surface area contributed by atoms with Crippen molar-refractivity contribution >= 4 is 17.8 Å². The molecule has 0 aliphatic carbocycles. The second-order valence-corrected chi connectivity index (χ2v) is 11.8. The Morgan fingerprint density at radius 1 is 1.03 bits per heavy atom. The molecule has 0 aromatic heterocycles. The Balaban J connectivity index is 4.86. The molecule has 0 spiro atoms. The van der Waals surface area contributed by atoms with Gasteiger partial charge in [-0.05, 0) is 37.5 Å². The number of carbonyl (C=O) groups is 3. The van der Waals surface area contributed by atoms with Gasteiger partial charge in [0.25, 0.3) is 0 Å². The summed E-state index contributed by atoms with van der Waals surface area (Å²) in [6.45, 7) is 13.7. The van der Waals surface area contributed by atoms with Crippen LogP contribution in [0.3, 0.4) is 0 Å². The quantitative estimate of drug-likeness (QED) is 0.203. The van der Waals surface area contributed by atoms with Gasteiger partial charge in [0.1, 0.15) is 12.6 Å². The number of nitrogens with one attached hydrogen (secondary N) is 1. The molecule has 0 bridgehead atoms. The van der Waals surface area contributed by atoms with Gasteiger partial charge in [-0.15, -0.1) is 0 Å². The van der Waals surface area contributed by atoms with Gasteiger partial charge in [0.15, 0.2) is 0 Å². The molecule has 2 amide bonds. The summed E-state index contributed by atoms with van der Waals surface area (Å²) in [4.78, 5) is 36.4. The normalized spacial score (nSPS) is 17.0. The van der Waals surface area contributed by atoms with Crippen molar-refractivity contribution in [3.05, 3.63) is 0 Å². The van der Waals surface area contributed by atoms with E-state index in [1.165, 1.54) is 0 Å². The summed E-state index contributed by atoms with van der Waals surface area (Å²) in [5, 5.41) is 23.0. The number of rotatable bonds is 16. The summed E-state index contributed by atoms with van der Waals surface area (Å²) in [6.07, 6.45) is 2.39. The summed E-state index contributed by atoms with van der Waals surface area (Å²) in [7, 11) is 4.15. The fourth-order valence-corrected chi connectivity index (χ4v) is 4.40. The lowest BCUT2D eigenvalue weighted by Gasteiger charge is -2.34. The highest BCUT2D eigenvalue weighted by Gasteiger charge is 2.37. The molecule has 0 aromatic rings.